The van der Waals surface area contributed by atoms with Gasteiger partial charge in [0.25, 0.3) is 0 Å². The van der Waals surface area contributed by atoms with Crippen molar-refractivity contribution in [3.05, 3.63) is 473 Å². The highest BCUT2D eigenvalue weighted by Gasteiger charge is 2.28. The lowest BCUT2D eigenvalue weighted by Gasteiger charge is -2.14. The molecule has 0 saturated heterocycles. The van der Waals surface area contributed by atoms with Gasteiger partial charge in [-0.05, 0) is 283 Å². The third-order valence-electron chi connectivity index (χ3n) is 32.2. The highest BCUT2D eigenvalue weighted by molar-refractivity contribution is 7.27. The summed E-state index contributed by atoms with van der Waals surface area (Å²) >= 11 is 5.48. The molecule has 33 aromatic rings. The minimum absolute atomic E-state index is 0.646. The quantitative estimate of drug-likeness (QED) is 0.128. The molecule has 150 heavy (non-hydrogen) atoms. The van der Waals surface area contributed by atoms with Crippen LogP contribution in [0.25, 0.3) is 330 Å². The fraction of sp³-hybridized carbons (Fsp3) is 0. The van der Waals surface area contributed by atoms with E-state index in [0.29, 0.717) is 5.56 Å². The minimum Gasteiger partial charge on any atom is -0.291 e. The van der Waals surface area contributed by atoms with Crippen molar-refractivity contribution in [1.82, 2.24) is 28.2 Å². The Hall–Kier alpha value is -19.1. The Kier molecular flexibility index (Phi) is 17.7. The van der Waals surface area contributed by atoms with Crippen LogP contribution in [-0.2, 0) is 0 Å². The average molecular weight is 1950 g/mol. The maximum Gasteiger partial charge on any atom is 0.156 e. The topological polar surface area (TPSA) is 75.7 Å². The van der Waals surface area contributed by atoms with E-state index >= 15 is 0 Å². The first-order valence-electron chi connectivity index (χ1n) is 51.0. The molecule has 10 heteroatoms. The van der Waals surface area contributed by atoms with Crippen LogP contribution in [0.15, 0.2) is 467 Å². The van der Waals surface area contributed by atoms with Crippen LogP contribution in [0.4, 0.5) is 0 Å². The first-order valence-corrected chi connectivity index (χ1v) is 53.5. The molecule has 33 rings (SSSR count). The van der Waals surface area contributed by atoms with Crippen molar-refractivity contribution in [2.45, 2.75) is 0 Å². The van der Waals surface area contributed by atoms with Crippen LogP contribution in [0.5, 0.6) is 0 Å². The predicted molar refractivity (Wildman–Crippen MR) is 638 cm³/mol. The fourth-order valence-corrected chi connectivity index (χ4v) is 28.5. The van der Waals surface area contributed by atoms with Gasteiger partial charge in [0.15, 0.2) is 16.9 Å². The third-order valence-corrected chi connectivity index (χ3v) is 35.8. The zero-order valence-electron chi connectivity index (χ0n) is 80.3. The molecule has 0 aliphatic rings. The van der Waals surface area contributed by atoms with Gasteiger partial charge in [-0.15, -0.1) is 34.0 Å². The van der Waals surface area contributed by atoms with Crippen molar-refractivity contribution in [3.8, 4) is 118 Å². The lowest BCUT2D eigenvalue weighted by atomic mass is 9.91. The fourth-order valence-electron chi connectivity index (χ4n) is 25.0. The zero-order valence-corrected chi connectivity index (χ0v) is 82.8. The zero-order chi connectivity index (χ0) is 97.9. The van der Waals surface area contributed by atoms with E-state index in [-0.39, 0.29) is 0 Å². The summed E-state index contributed by atoms with van der Waals surface area (Å²) in [4.78, 5) is 17.6. The summed E-state index contributed by atoms with van der Waals surface area (Å²) < 4.78 is 14.4. The normalized spacial score (nSPS) is 12.3. The number of pyridine rings is 3. The van der Waals surface area contributed by atoms with Gasteiger partial charge in [-0.25, -0.2) is 15.0 Å². The smallest absolute Gasteiger partial charge is 0.156 e. The molecule has 9 heterocycles. The van der Waals surface area contributed by atoms with Crippen molar-refractivity contribution >= 4 is 252 Å². The van der Waals surface area contributed by atoms with Crippen LogP contribution >= 0.6 is 34.0 Å². The second-order valence-electron chi connectivity index (χ2n) is 40.1. The number of rotatable bonds is 10. The molecule has 0 aliphatic carbocycles. The molecule has 0 N–H and O–H groups in total. The number of thiophene rings is 3. The van der Waals surface area contributed by atoms with Gasteiger partial charge in [0.05, 0.1) is 75.9 Å². The maximum absolute atomic E-state index is 9.67. The highest BCUT2D eigenvalue weighted by Crippen LogP contribution is 2.52. The van der Waals surface area contributed by atoms with Crippen molar-refractivity contribution < 1.29 is 0 Å². The van der Waals surface area contributed by atoms with E-state index in [1.54, 1.807) is 0 Å². The number of fused-ring (bicyclic) bond motifs is 40. The Morgan fingerprint density at radius 1 is 0.180 bits per heavy atom. The molecule has 24 aromatic carbocycles. The average Bonchev–Trinajstić information content (AvgIpc) is 1.53. The highest BCUT2D eigenvalue weighted by atomic mass is 32.1. The third kappa shape index (κ3) is 12.4. The summed E-state index contributed by atoms with van der Waals surface area (Å²) in [6, 6.07) is 176. The molecular formula is C140H77N7S3. The Labute approximate surface area is 869 Å². The van der Waals surface area contributed by atoms with Crippen LogP contribution in [0.2, 0.25) is 0 Å². The van der Waals surface area contributed by atoms with Crippen molar-refractivity contribution in [2.75, 3.05) is 0 Å². The van der Waals surface area contributed by atoms with Crippen LogP contribution in [0.3, 0.4) is 0 Å². The summed E-state index contributed by atoms with van der Waals surface area (Å²) in [5.41, 5.74) is 32.1. The molecule has 0 saturated carbocycles. The van der Waals surface area contributed by atoms with Crippen LogP contribution in [-0.4, -0.2) is 28.2 Å². The lowest BCUT2D eigenvalue weighted by molar-refractivity contribution is 1.25. The first kappa shape index (κ1) is 83.2. The van der Waals surface area contributed by atoms with Gasteiger partial charge in [0.1, 0.15) is 0 Å². The molecule has 0 atom stereocenters. The van der Waals surface area contributed by atoms with E-state index in [0.717, 1.165) is 197 Å². The summed E-state index contributed by atoms with van der Waals surface area (Å²) in [5.74, 6) is 0. The number of imidazole rings is 3. The molecule has 7 nitrogen and oxygen atoms in total. The summed E-state index contributed by atoms with van der Waals surface area (Å²) in [7, 11) is 0. The largest absolute Gasteiger partial charge is 0.291 e. The molecule has 690 valence electrons. The second kappa shape index (κ2) is 31.9. The number of nitriles is 1. The predicted octanol–water partition coefficient (Wildman–Crippen LogP) is 39.3. The van der Waals surface area contributed by atoms with E-state index in [2.05, 4.69) is 474 Å². The van der Waals surface area contributed by atoms with Gasteiger partial charge in [-0.3, -0.25) is 13.2 Å². The number of hydrogen-bond donors (Lipinski definition) is 0. The number of nitrogens with zero attached hydrogens (tertiary/aromatic N) is 7. The summed E-state index contributed by atoms with van der Waals surface area (Å²) in [6.07, 6.45) is 0. The lowest BCUT2D eigenvalue weighted by Crippen LogP contribution is -1.93. The SMILES string of the molecule is N#Cc1ccc(-c2ccc(-c3ccc(-c4cc5c(sc6cccc(-c7ccc8ccc9c(nc%10c%11sc%12ccc(-c%13ccc%14ccc%15c(nc%16c%17sc%18ccccc%18c%17cc(-c%17ccc(-c%18ccc(-c%19ccc%20c%21ccccc%21c%21ccccc%21c%20c%19)cc%18)cc%17)n%15%16)c%14c%13)cc%12c%11cc(-c%11ccc(-c%12ccc%13c%14ccccc%14c%14ccccc%14c%13c%12)cc%11)n9%10)c8c7)c65)c5nc6c7ccccc7ccc6n45)cc3)c3ccccc23)cc1. The van der Waals surface area contributed by atoms with Gasteiger partial charge in [0, 0.05) is 62.6 Å². The van der Waals surface area contributed by atoms with E-state index in [1.807, 2.05) is 46.1 Å². The van der Waals surface area contributed by atoms with Crippen LogP contribution < -0.4 is 0 Å². The maximum atomic E-state index is 9.67. The van der Waals surface area contributed by atoms with Gasteiger partial charge in [0.2, 0.25) is 0 Å². The van der Waals surface area contributed by atoms with Crippen LogP contribution in [0, 0.1) is 11.3 Å². The molecule has 0 radical (unpaired) electrons. The number of hydrogen-bond acceptors (Lipinski definition) is 7. The summed E-state index contributed by atoms with van der Waals surface area (Å²) in [5, 5.41) is 41.1. The first-order chi connectivity index (χ1) is 74.3. The molecular weight excluding hydrogens is 1880 g/mol. The Balaban J connectivity index is 0.522. The Morgan fingerprint density at radius 3 is 0.960 bits per heavy atom. The summed E-state index contributed by atoms with van der Waals surface area (Å²) in [6.45, 7) is 0. The van der Waals surface area contributed by atoms with Crippen molar-refractivity contribution in [2.24, 2.45) is 0 Å². The number of aromatic nitrogens is 6. The van der Waals surface area contributed by atoms with Crippen LogP contribution in [0.1, 0.15) is 5.56 Å². The Morgan fingerprint density at radius 2 is 0.480 bits per heavy atom. The molecule has 0 unspecified atom stereocenters. The number of benzene rings is 24. The molecule has 0 amide bonds. The Bertz CT molecular complexity index is 11800. The van der Waals surface area contributed by atoms with E-state index in [4.69, 9.17) is 15.0 Å². The van der Waals surface area contributed by atoms with E-state index < -0.39 is 0 Å². The molecule has 0 fully saturated rings. The van der Waals surface area contributed by atoms with Gasteiger partial charge in [-0.2, -0.15) is 5.26 Å². The van der Waals surface area contributed by atoms with E-state index in [1.165, 1.54) is 133 Å². The second-order valence-corrected chi connectivity index (χ2v) is 43.3. The molecule has 9 aromatic heterocycles. The standard InChI is InChI=1S/C140H77N7S3/c141-78-79-32-34-85(35-33-79)97-64-65-98(102-19-4-3-18-101(97)102)86-44-52-91(53-45-86)127-77-121-131-99(29-15-31-130(131)150-137(121)140-142-132-100-17-2-1-16-84(100)58-66-122(132)145(127)140)96-55-47-88-60-68-124-134(115(88)74-96)144-139-136-120(76-126(147(124)139)90-50-42-83(43-51-90)93-57-63-112-108-25-8-6-21-104(108)106-23-10-12-27-110(106)117(112)72-93)118-73-95(61-69-129(118)149-136)94-54-46-87-59-67-123-133(114(87)70-94)143-138-135-119(113-28-13-14-30-128(113)148-135)75-125(146(123)138)89-48-40-81(41-49-89)80-36-38-82(39-37-80)92-56-62-111-107-24-7-5-20-103(107)105-22-9-11-26-109(105)116(111)71-92/h1-77H. The van der Waals surface area contributed by atoms with E-state index in [9.17, 15) is 5.26 Å². The monoisotopic (exact) mass is 1950 g/mol. The molecule has 0 bridgehead atoms. The molecule has 0 spiro atoms. The van der Waals surface area contributed by atoms with Crippen molar-refractivity contribution in [3.63, 3.8) is 0 Å². The minimum atomic E-state index is 0.646. The van der Waals surface area contributed by atoms with Crippen molar-refractivity contribution in [1.29, 1.82) is 5.26 Å². The molecule has 0 aliphatic heterocycles. The van der Waals surface area contributed by atoms with Gasteiger partial charge >= 0.3 is 0 Å². The van der Waals surface area contributed by atoms with Gasteiger partial charge in [-0.1, -0.05) is 370 Å². The van der Waals surface area contributed by atoms with Gasteiger partial charge < -0.3 is 0 Å².